The van der Waals surface area contributed by atoms with Gasteiger partial charge in [0.15, 0.2) is 1.41 Å². The predicted molar refractivity (Wildman–Crippen MR) is 110 cm³/mol. The summed E-state index contributed by atoms with van der Waals surface area (Å²) < 4.78 is 77.9. The summed E-state index contributed by atoms with van der Waals surface area (Å²) in [5, 5.41) is 1.35. The Morgan fingerprint density at radius 2 is 2.03 bits per heavy atom. The van der Waals surface area contributed by atoms with Gasteiger partial charge in [-0.25, -0.2) is 0 Å². The molecule has 2 aromatic rings. The zero-order valence-electron chi connectivity index (χ0n) is 22.1. The Bertz CT molecular complexity index is 1380. The molecule has 1 unspecified atom stereocenters. The lowest BCUT2D eigenvalue weighted by Gasteiger charge is -2.29. The minimum atomic E-state index is -4.27. The van der Waals surface area contributed by atoms with Gasteiger partial charge in [0, 0.05) is 38.3 Å². The third-order valence-corrected chi connectivity index (χ3v) is 5.15. The lowest BCUT2D eigenvalue weighted by Crippen LogP contribution is -2.52. The molecule has 4 amide bonds. The molecule has 2 aromatic carbocycles. The number of hydrogen-bond donors (Lipinski definition) is 2. The first kappa shape index (κ1) is 15.5. The highest BCUT2D eigenvalue weighted by atomic mass is 35.5. The van der Waals surface area contributed by atoms with Gasteiger partial charge in [-0.2, -0.15) is 8.78 Å². The molecule has 2 N–H and O–H groups in total. The minimum Gasteiger partial charge on any atom is -0.346 e. The molecule has 1 atom stereocenters. The Kier molecular flexibility index (Phi) is 4.02. The maximum absolute atomic E-state index is 14.8. The second kappa shape index (κ2) is 8.31. The molecule has 166 valence electrons. The van der Waals surface area contributed by atoms with Crippen molar-refractivity contribution in [2.45, 2.75) is 37.8 Å². The van der Waals surface area contributed by atoms with Crippen LogP contribution in [-0.2, 0) is 33.3 Å². The lowest BCUT2D eigenvalue weighted by atomic mass is 10.0. The molecule has 10 heteroatoms. The largest absolute Gasteiger partial charge is 0.349 e. The molecule has 32 heavy (non-hydrogen) atoms. The van der Waals surface area contributed by atoms with Crippen molar-refractivity contribution in [2.75, 3.05) is 0 Å². The van der Waals surface area contributed by atoms with Crippen molar-refractivity contribution in [1.82, 2.24) is 15.5 Å². The third-order valence-electron chi connectivity index (χ3n) is 4.90. The van der Waals surface area contributed by atoms with Gasteiger partial charge >= 0.3 is 5.92 Å². The number of hydrogen-bond acceptors (Lipinski definition) is 4. The fraction of sp³-hybridized carbons (Fsp3) is 0.273. The number of piperidine rings is 1. The third kappa shape index (κ3) is 4.08. The number of halogens is 3. The van der Waals surface area contributed by atoms with Crippen LogP contribution in [0.4, 0.5) is 8.78 Å². The average Bonchev–Trinajstić information content (AvgIpc) is 3.18. The van der Waals surface area contributed by atoms with Gasteiger partial charge in [0.05, 0.1) is 4.11 Å². The van der Waals surface area contributed by atoms with E-state index in [2.05, 4.69) is 0 Å². The summed E-state index contributed by atoms with van der Waals surface area (Å²) >= 11 is 5.68. The maximum Gasteiger partial charge on any atom is 0.349 e. The van der Waals surface area contributed by atoms with E-state index < -0.39 is 77.8 Å². The van der Waals surface area contributed by atoms with Gasteiger partial charge in [-0.15, -0.1) is 0 Å². The van der Waals surface area contributed by atoms with Crippen LogP contribution in [0.15, 0.2) is 42.5 Å². The number of benzene rings is 2. The Hall–Kier alpha value is -3.33. The molecule has 4 rings (SSSR count). The van der Waals surface area contributed by atoms with E-state index in [0.717, 1.165) is 42.5 Å². The van der Waals surface area contributed by atoms with Crippen LogP contribution in [0, 0.1) is 0 Å². The molecule has 1 fully saturated rings. The van der Waals surface area contributed by atoms with Crippen molar-refractivity contribution in [3.63, 3.8) is 0 Å². The lowest BCUT2D eigenvalue weighted by molar-refractivity contribution is -0.147. The van der Waals surface area contributed by atoms with E-state index in [1.807, 2.05) is 0 Å². The fourth-order valence-electron chi connectivity index (χ4n) is 3.26. The molecule has 1 saturated heterocycles. The number of carbonyl (C=O) groups is 4. The van der Waals surface area contributed by atoms with Gasteiger partial charge in [0.2, 0.25) is 11.8 Å². The van der Waals surface area contributed by atoms with Gasteiger partial charge in [-0.1, -0.05) is 35.9 Å². The van der Waals surface area contributed by atoms with Crippen LogP contribution in [0.2, 0.25) is 6.43 Å². The summed E-state index contributed by atoms with van der Waals surface area (Å²) in [4.78, 5) is 50.3. The Balaban J connectivity index is 1.62. The van der Waals surface area contributed by atoms with Crippen LogP contribution in [0.1, 0.15) is 46.7 Å². The van der Waals surface area contributed by atoms with Crippen LogP contribution in [0.3, 0.4) is 0 Å². The zero-order chi connectivity index (χ0) is 28.4. The molecule has 0 spiro atoms. The summed E-state index contributed by atoms with van der Waals surface area (Å²) in [5.41, 5.74) is -1.30. The van der Waals surface area contributed by atoms with Crippen molar-refractivity contribution in [3.8, 4) is 0 Å². The molecule has 7 nitrogen and oxygen atoms in total. The standard InChI is InChI=1S/C22H18ClF2N3O4/c23-15-4-2-14(3-5-15)22(24,25)21(32)26-10-12-1-6-16-13(9-12)11-28(20(16)31)17-7-8-18(29)27-19(17)30/h1-6,9,17H,7-8,10-11H2,(H,26,32)(H,27,29,30)/i8D2,10D2,17D/hD. The van der Waals surface area contributed by atoms with E-state index in [4.69, 9.17) is 19.9 Å². The number of alkyl halides is 2. The quantitative estimate of drug-likeness (QED) is 0.660. The highest BCUT2D eigenvalue weighted by Gasteiger charge is 2.41. The van der Waals surface area contributed by atoms with Gasteiger partial charge in [0.25, 0.3) is 11.8 Å². The van der Waals surface area contributed by atoms with E-state index in [-0.39, 0.29) is 16.1 Å². The van der Waals surface area contributed by atoms with E-state index in [0.29, 0.717) is 4.90 Å². The molecule has 0 radical (unpaired) electrons. The fourth-order valence-corrected chi connectivity index (χ4v) is 3.38. The molecule has 0 saturated carbocycles. The van der Waals surface area contributed by atoms with Crippen LogP contribution in [-0.4, -0.2) is 34.5 Å². The van der Waals surface area contributed by atoms with Crippen LogP contribution in [0.5, 0.6) is 0 Å². The Labute approximate surface area is 195 Å². The SMILES string of the molecule is [2H]N(C(=O)C(F)(F)c1ccc(Cl)cc1)C([2H])([2H])c1ccc2c(c1)CN(C1([2H])CC([2H])([2H])C(=O)NC1=O)C2=O. The molecular formula is C22H18ClF2N3O4. The number of nitrogens with one attached hydrogen (secondary N) is 2. The monoisotopic (exact) mass is 467 g/mol. The van der Waals surface area contributed by atoms with Crippen LogP contribution >= 0.6 is 11.6 Å². The first-order valence-electron chi connectivity index (χ1n) is 12.2. The summed E-state index contributed by atoms with van der Waals surface area (Å²) in [6.07, 6.45) is -3.58. The van der Waals surface area contributed by atoms with Gasteiger partial charge in [-0.05, 0) is 35.7 Å². The first-order chi connectivity index (χ1) is 17.4. The molecule has 2 heterocycles. The topological polar surface area (TPSA) is 95.6 Å². The van der Waals surface area contributed by atoms with Crippen molar-refractivity contribution in [1.29, 1.82) is 0 Å². The summed E-state index contributed by atoms with van der Waals surface area (Å²) in [5.74, 6) is -9.79. The predicted octanol–water partition coefficient (Wildman–Crippen LogP) is 2.51. The van der Waals surface area contributed by atoms with Crippen molar-refractivity contribution >= 4 is 35.2 Å². The Morgan fingerprint density at radius 1 is 1.31 bits per heavy atom. The molecule has 0 aliphatic carbocycles. The minimum absolute atomic E-state index is 0.0403. The van der Waals surface area contributed by atoms with E-state index in [9.17, 15) is 28.0 Å². The number of imide groups is 1. The highest BCUT2D eigenvalue weighted by Crippen LogP contribution is 2.30. The van der Waals surface area contributed by atoms with Crippen LogP contribution < -0.4 is 10.6 Å². The molecule has 2 aliphatic rings. The Morgan fingerprint density at radius 3 is 2.75 bits per heavy atom. The summed E-state index contributed by atoms with van der Waals surface area (Å²) in [6.45, 7) is -3.59. The number of nitrogens with zero attached hydrogens (tertiary/aromatic N) is 1. The number of amides is 4. The molecular weight excluding hydrogens is 444 g/mol. The summed E-state index contributed by atoms with van der Waals surface area (Å²) in [7, 11) is 0. The second-order valence-corrected chi connectivity index (χ2v) is 7.39. The second-order valence-electron chi connectivity index (χ2n) is 6.96. The van der Waals surface area contributed by atoms with Gasteiger partial charge in [0.1, 0.15) is 6.02 Å². The summed E-state index contributed by atoms with van der Waals surface area (Å²) in [6, 6.07) is 4.56. The first-order valence-corrected chi connectivity index (χ1v) is 9.59. The van der Waals surface area contributed by atoms with Crippen molar-refractivity contribution in [2.24, 2.45) is 0 Å². The number of carbonyl (C=O) groups excluding carboxylic acids is 4. The van der Waals surface area contributed by atoms with Gasteiger partial charge < -0.3 is 10.2 Å². The molecule has 0 aromatic heterocycles. The smallest absolute Gasteiger partial charge is 0.346 e. The number of fused-ring (bicyclic) bond motifs is 1. The normalized spacial score (nSPS) is 25.5. The van der Waals surface area contributed by atoms with Crippen molar-refractivity contribution in [3.05, 3.63) is 69.7 Å². The molecule has 2 aliphatic heterocycles. The van der Waals surface area contributed by atoms with Gasteiger partial charge in [-0.3, -0.25) is 24.5 Å². The van der Waals surface area contributed by atoms with E-state index in [1.54, 1.807) is 5.32 Å². The van der Waals surface area contributed by atoms with Crippen LogP contribution in [0.25, 0.3) is 0 Å². The average molecular weight is 468 g/mol. The van der Waals surface area contributed by atoms with Crippen molar-refractivity contribution < 1.29 is 36.2 Å². The zero-order valence-corrected chi connectivity index (χ0v) is 16.9. The maximum atomic E-state index is 14.8. The van der Waals surface area contributed by atoms with E-state index in [1.165, 1.54) is 0 Å². The van der Waals surface area contributed by atoms with E-state index >= 15 is 0 Å². The number of rotatable bonds is 5. The highest BCUT2D eigenvalue weighted by molar-refractivity contribution is 6.30. The molecule has 0 bridgehead atoms.